The van der Waals surface area contributed by atoms with Crippen LogP contribution in [0.25, 0.3) is 0 Å². The van der Waals surface area contributed by atoms with Crippen molar-refractivity contribution in [1.29, 1.82) is 0 Å². The molecular weight excluding hydrogens is 342 g/mol. The van der Waals surface area contributed by atoms with Crippen LogP contribution in [0, 0.1) is 0 Å². The maximum absolute atomic E-state index is 12.7. The summed E-state index contributed by atoms with van der Waals surface area (Å²) in [7, 11) is -2.20. The van der Waals surface area contributed by atoms with Crippen LogP contribution in [0.3, 0.4) is 0 Å². The second kappa shape index (κ2) is 6.21. The zero-order valence-corrected chi connectivity index (χ0v) is 14.6. The molecule has 2 N–H and O–H groups in total. The number of amides is 2. The molecule has 1 aliphatic heterocycles. The summed E-state index contributed by atoms with van der Waals surface area (Å²) in [6.45, 7) is 1.35. The second-order valence-electron chi connectivity index (χ2n) is 5.75. The largest absolute Gasteiger partial charge is 0.325 e. The number of hydrogen-bond acceptors (Lipinski definition) is 4. The lowest BCUT2D eigenvalue weighted by molar-refractivity contribution is -0.117. The van der Waals surface area contributed by atoms with Gasteiger partial charge < -0.3 is 10.2 Å². The van der Waals surface area contributed by atoms with Gasteiger partial charge in [0.15, 0.2) is 0 Å². The molecule has 1 aliphatic rings. The number of benzene rings is 2. The highest BCUT2D eigenvalue weighted by Gasteiger charge is 2.26. The molecule has 0 spiro atoms. The van der Waals surface area contributed by atoms with Gasteiger partial charge in [0.05, 0.1) is 22.7 Å². The third kappa shape index (κ3) is 3.34. The molecule has 130 valence electrons. The predicted molar refractivity (Wildman–Crippen MR) is 95.1 cm³/mol. The highest BCUT2D eigenvalue weighted by atomic mass is 32.2. The normalized spacial score (nSPS) is 13.5. The van der Waals surface area contributed by atoms with Crippen molar-refractivity contribution in [2.45, 2.75) is 18.2 Å². The first kappa shape index (κ1) is 17.0. The van der Waals surface area contributed by atoms with Gasteiger partial charge in [-0.1, -0.05) is 12.1 Å². The SMILES string of the molecule is CC(=O)Nc1ccccc1NS(=O)(=O)c1ccc2c(c1)CC(=O)N2C. The number of carbonyl (C=O) groups is 2. The maximum atomic E-state index is 12.7. The summed E-state index contributed by atoms with van der Waals surface area (Å²) in [5.74, 6) is -0.376. The highest BCUT2D eigenvalue weighted by Crippen LogP contribution is 2.31. The van der Waals surface area contributed by atoms with Gasteiger partial charge in [-0.15, -0.1) is 0 Å². The molecule has 0 bridgehead atoms. The van der Waals surface area contributed by atoms with Crippen molar-refractivity contribution in [3.8, 4) is 0 Å². The van der Waals surface area contributed by atoms with E-state index in [9.17, 15) is 18.0 Å². The fourth-order valence-electron chi connectivity index (χ4n) is 2.69. The Labute approximate surface area is 145 Å². The average Bonchev–Trinajstić information content (AvgIpc) is 2.83. The van der Waals surface area contributed by atoms with E-state index in [1.165, 1.54) is 24.0 Å². The molecule has 25 heavy (non-hydrogen) atoms. The Morgan fingerprint density at radius 1 is 1.12 bits per heavy atom. The van der Waals surface area contributed by atoms with Crippen LogP contribution in [-0.2, 0) is 26.0 Å². The fraction of sp³-hybridized carbons (Fsp3) is 0.176. The van der Waals surface area contributed by atoms with E-state index in [1.54, 1.807) is 37.4 Å². The maximum Gasteiger partial charge on any atom is 0.261 e. The standard InChI is InChI=1S/C17H17N3O4S/c1-11(21)18-14-5-3-4-6-15(14)19-25(23,24)13-7-8-16-12(9-13)10-17(22)20(16)2/h3-9,19H,10H2,1-2H3,(H,18,21). The number of para-hydroxylation sites is 2. The summed E-state index contributed by atoms with van der Waals surface area (Å²) in [5.41, 5.74) is 2.02. The van der Waals surface area contributed by atoms with Gasteiger partial charge in [-0.05, 0) is 35.9 Å². The van der Waals surface area contributed by atoms with Gasteiger partial charge in [0.25, 0.3) is 10.0 Å². The Hall–Kier alpha value is -2.87. The molecular formula is C17H17N3O4S. The smallest absolute Gasteiger partial charge is 0.261 e. The Morgan fingerprint density at radius 3 is 2.48 bits per heavy atom. The van der Waals surface area contributed by atoms with Crippen molar-refractivity contribution >= 4 is 38.9 Å². The number of fused-ring (bicyclic) bond motifs is 1. The van der Waals surface area contributed by atoms with E-state index in [4.69, 9.17) is 0 Å². The minimum Gasteiger partial charge on any atom is -0.325 e. The third-order valence-electron chi connectivity index (χ3n) is 3.92. The van der Waals surface area contributed by atoms with E-state index in [0.717, 1.165) is 0 Å². The van der Waals surface area contributed by atoms with Crippen LogP contribution in [0.4, 0.5) is 17.1 Å². The lowest BCUT2D eigenvalue weighted by Gasteiger charge is -2.14. The van der Waals surface area contributed by atoms with E-state index in [-0.39, 0.29) is 28.8 Å². The van der Waals surface area contributed by atoms with Crippen LogP contribution in [0.2, 0.25) is 0 Å². The number of sulfonamides is 1. The molecule has 2 aromatic rings. The van der Waals surface area contributed by atoms with Gasteiger partial charge in [-0.25, -0.2) is 8.42 Å². The van der Waals surface area contributed by atoms with Crippen LogP contribution in [0.1, 0.15) is 12.5 Å². The van der Waals surface area contributed by atoms with Crippen LogP contribution in [-0.4, -0.2) is 27.3 Å². The molecule has 0 radical (unpaired) electrons. The lowest BCUT2D eigenvalue weighted by Crippen LogP contribution is -2.20. The van der Waals surface area contributed by atoms with Crippen molar-refractivity contribution in [2.24, 2.45) is 0 Å². The number of carbonyl (C=O) groups excluding carboxylic acids is 2. The fourth-order valence-corrected chi connectivity index (χ4v) is 3.82. The molecule has 0 saturated heterocycles. The third-order valence-corrected chi connectivity index (χ3v) is 5.28. The minimum absolute atomic E-state index is 0.0620. The molecule has 2 amide bonds. The summed E-state index contributed by atoms with van der Waals surface area (Å²) >= 11 is 0. The minimum atomic E-state index is -3.86. The Bertz CT molecular complexity index is 970. The van der Waals surface area contributed by atoms with Crippen molar-refractivity contribution in [3.63, 3.8) is 0 Å². The number of hydrogen-bond donors (Lipinski definition) is 2. The molecule has 0 aliphatic carbocycles. The zero-order chi connectivity index (χ0) is 18.2. The topological polar surface area (TPSA) is 95.6 Å². The van der Waals surface area contributed by atoms with E-state index in [1.807, 2.05) is 0 Å². The summed E-state index contributed by atoms with van der Waals surface area (Å²) in [6.07, 6.45) is 0.178. The molecule has 0 unspecified atom stereocenters. The molecule has 0 fully saturated rings. The Morgan fingerprint density at radius 2 is 1.80 bits per heavy atom. The number of likely N-dealkylation sites (N-methyl/N-ethyl adjacent to an activating group) is 1. The van der Waals surface area contributed by atoms with Gasteiger partial charge in [0.1, 0.15) is 0 Å². The monoisotopic (exact) mass is 359 g/mol. The van der Waals surface area contributed by atoms with Gasteiger partial charge in [0, 0.05) is 19.7 Å². The van der Waals surface area contributed by atoms with Gasteiger partial charge in [0.2, 0.25) is 11.8 Å². The van der Waals surface area contributed by atoms with Gasteiger partial charge >= 0.3 is 0 Å². The summed E-state index contributed by atoms with van der Waals surface area (Å²) in [6, 6.07) is 11.1. The number of nitrogens with one attached hydrogen (secondary N) is 2. The van der Waals surface area contributed by atoms with E-state index in [2.05, 4.69) is 10.0 Å². The first-order chi connectivity index (χ1) is 11.8. The molecule has 1 heterocycles. The molecule has 0 atom stereocenters. The number of nitrogens with zero attached hydrogens (tertiary/aromatic N) is 1. The predicted octanol–water partition coefficient (Wildman–Crippen LogP) is 1.96. The average molecular weight is 359 g/mol. The van der Waals surface area contributed by atoms with Crippen molar-refractivity contribution in [1.82, 2.24) is 0 Å². The Kier molecular flexibility index (Phi) is 4.22. The van der Waals surface area contributed by atoms with Crippen molar-refractivity contribution < 1.29 is 18.0 Å². The highest BCUT2D eigenvalue weighted by molar-refractivity contribution is 7.92. The van der Waals surface area contributed by atoms with Crippen LogP contribution < -0.4 is 14.9 Å². The van der Waals surface area contributed by atoms with Crippen LogP contribution in [0.5, 0.6) is 0 Å². The second-order valence-corrected chi connectivity index (χ2v) is 7.43. The molecule has 0 saturated carbocycles. The molecule has 7 nitrogen and oxygen atoms in total. The van der Waals surface area contributed by atoms with Gasteiger partial charge in [-0.2, -0.15) is 0 Å². The molecule has 3 rings (SSSR count). The molecule has 0 aromatic heterocycles. The summed E-state index contributed by atoms with van der Waals surface area (Å²) in [4.78, 5) is 24.6. The van der Waals surface area contributed by atoms with E-state index < -0.39 is 10.0 Å². The van der Waals surface area contributed by atoms with E-state index >= 15 is 0 Å². The molecule has 8 heteroatoms. The first-order valence-electron chi connectivity index (χ1n) is 7.57. The van der Waals surface area contributed by atoms with Crippen LogP contribution in [0.15, 0.2) is 47.4 Å². The quantitative estimate of drug-likeness (QED) is 0.872. The number of anilines is 3. The van der Waals surface area contributed by atoms with Crippen LogP contribution >= 0.6 is 0 Å². The lowest BCUT2D eigenvalue weighted by atomic mass is 10.2. The zero-order valence-electron chi connectivity index (χ0n) is 13.7. The van der Waals surface area contributed by atoms with Gasteiger partial charge in [-0.3, -0.25) is 14.3 Å². The van der Waals surface area contributed by atoms with Crippen molar-refractivity contribution in [3.05, 3.63) is 48.0 Å². The van der Waals surface area contributed by atoms with Crippen molar-refractivity contribution in [2.75, 3.05) is 22.0 Å². The van der Waals surface area contributed by atoms with E-state index in [0.29, 0.717) is 16.9 Å². The summed E-state index contributed by atoms with van der Waals surface area (Å²) < 4.78 is 27.8. The summed E-state index contributed by atoms with van der Waals surface area (Å²) in [5, 5.41) is 2.58. The Balaban J connectivity index is 1.93. The number of rotatable bonds is 4. The first-order valence-corrected chi connectivity index (χ1v) is 9.05. The molecule has 2 aromatic carbocycles.